The molecule has 1 aromatic rings. The zero-order chi connectivity index (χ0) is 17.0. The first-order chi connectivity index (χ1) is 10.8. The molecule has 1 aliphatic heterocycles. The van der Waals surface area contributed by atoms with Crippen molar-refractivity contribution >= 4 is 21.7 Å². The van der Waals surface area contributed by atoms with Crippen LogP contribution in [-0.4, -0.2) is 57.4 Å². The van der Waals surface area contributed by atoms with Crippen molar-refractivity contribution in [3.05, 3.63) is 29.8 Å². The second-order valence-corrected chi connectivity index (χ2v) is 7.03. The van der Waals surface area contributed by atoms with E-state index in [0.717, 1.165) is 12.3 Å². The quantitative estimate of drug-likeness (QED) is 0.840. The molecule has 1 fully saturated rings. The highest BCUT2D eigenvalue weighted by atomic mass is 32.2. The Hall–Kier alpha value is -1.78. The van der Waals surface area contributed by atoms with E-state index in [1.165, 1.54) is 16.4 Å². The van der Waals surface area contributed by atoms with Gasteiger partial charge in [0, 0.05) is 19.6 Å². The van der Waals surface area contributed by atoms with Crippen molar-refractivity contribution in [2.24, 2.45) is 0 Å². The Morgan fingerprint density at radius 2 is 2.17 bits per heavy atom. The van der Waals surface area contributed by atoms with Gasteiger partial charge in [0.25, 0.3) is 0 Å². The van der Waals surface area contributed by atoms with Gasteiger partial charge in [0.2, 0.25) is 10.0 Å². The monoisotopic (exact) mass is 349 g/mol. The number of nitrogens with one attached hydrogen (secondary N) is 2. The van der Waals surface area contributed by atoms with Crippen molar-refractivity contribution in [1.82, 2.24) is 9.62 Å². The average molecular weight is 349 g/mol. The highest BCUT2D eigenvalue weighted by molar-refractivity contribution is 7.88. The van der Waals surface area contributed by atoms with Gasteiger partial charge < -0.3 is 15.4 Å². The van der Waals surface area contributed by atoms with E-state index < -0.39 is 33.8 Å². The smallest absolute Gasteiger partial charge is 0.319 e. The van der Waals surface area contributed by atoms with Gasteiger partial charge in [0.05, 0.1) is 24.7 Å². The molecule has 0 spiro atoms. The van der Waals surface area contributed by atoms with E-state index in [-0.39, 0.29) is 31.9 Å². The molecular formula is C13H17F2N3O4S. The van der Waals surface area contributed by atoms with Crippen molar-refractivity contribution in [2.75, 3.05) is 37.8 Å². The molecule has 1 aliphatic rings. The summed E-state index contributed by atoms with van der Waals surface area (Å²) in [6.45, 7) is 0.637. The van der Waals surface area contributed by atoms with Gasteiger partial charge in [0.1, 0.15) is 0 Å². The Bertz CT molecular complexity index is 684. The first kappa shape index (κ1) is 17.6. The Morgan fingerprint density at radius 1 is 1.43 bits per heavy atom. The Labute approximate surface area is 132 Å². The highest BCUT2D eigenvalue weighted by Gasteiger charge is 2.26. The second kappa shape index (κ2) is 7.20. The van der Waals surface area contributed by atoms with E-state index in [0.29, 0.717) is 0 Å². The molecule has 0 unspecified atom stereocenters. The molecule has 0 saturated carbocycles. The maximum Gasteiger partial charge on any atom is 0.319 e. The third kappa shape index (κ3) is 4.85. The van der Waals surface area contributed by atoms with Crippen molar-refractivity contribution in [1.29, 1.82) is 0 Å². The van der Waals surface area contributed by atoms with Crippen LogP contribution in [0.25, 0.3) is 0 Å². The Morgan fingerprint density at radius 3 is 2.87 bits per heavy atom. The molecule has 7 nitrogen and oxygen atoms in total. The molecule has 1 atom stereocenters. The molecule has 2 rings (SSSR count). The number of hydrogen-bond donors (Lipinski definition) is 2. The predicted molar refractivity (Wildman–Crippen MR) is 79.5 cm³/mol. The second-order valence-electron chi connectivity index (χ2n) is 5.05. The number of morpholine rings is 1. The van der Waals surface area contributed by atoms with Crippen LogP contribution >= 0.6 is 0 Å². The van der Waals surface area contributed by atoms with Gasteiger partial charge in [-0.25, -0.2) is 22.0 Å². The topological polar surface area (TPSA) is 87.7 Å². The van der Waals surface area contributed by atoms with E-state index in [4.69, 9.17) is 4.74 Å². The van der Waals surface area contributed by atoms with Gasteiger partial charge in [0.15, 0.2) is 11.6 Å². The summed E-state index contributed by atoms with van der Waals surface area (Å²) in [5.74, 6) is -2.22. The van der Waals surface area contributed by atoms with Gasteiger partial charge in [-0.15, -0.1) is 0 Å². The van der Waals surface area contributed by atoms with Crippen molar-refractivity contribution in [3.8, 4) is 0 Å². The van der Waals surface area contributed by atoms with Crippen molar-refractivity contribution < 1.29 is 26.7 Å². The number of hydrogen-bond acceptors (Lipinski definition) is 4. The summed E-state index contributed by atoms with van der Waals surface area (Å²) in [4.78, 5) is 11.7. The van der Waals surface area contributed by atoms with Crippen LogP contribution in [0.2, 0.25) is 0 Å². The number of halogens is 2. The van der Waals surface area contributed by atoms with Crippen molar-refractivity contribution in [3.63, 3.8) is 0 Å². The molecule has 0 radical (unpaired) electrons. The van der Waals surface area contributed by atoms with Crippen LogP contribution in [0.3, 0.4) is 0 Å². The molecule has 0 aromatic heterocycles. The number of amides is 2. The van der Waals surface area contributed by atoms with Gasteiger partial charge in [-0.2, -0.15) is 4.31 Å². The van der Waals surface area contributed by atoms with Gasteiger partial charge in [-0.3, -0.25) is 0 Å². The minimum Gasteiger partial charge on any atom is -0.374 e. The number of urea groups is 1. The molecule has 1 heterocycles. The lowest BCUT2D eigenvalue weighted by Crippen LogP contribution is -2.49. The number of nitrogens with zero attached hydrogens (tertiary/aromatic N) is 1. The van der Waals surface area contributed by atoms with Gasteiger partial charge in [-0.05, 0) is 12.1 Å². The number of carbonyl (C=O) groups excluding carboxylic acids is 1. The molecule has 2 N–H and O–H groups in total. The zero-order valence-electron chi connectivity index (χ0n) is 12.4. The lowest BCUT2D eigenvalue weighted by Gasteiger charge is -2.31. The van der Waals surface area contributed by atoms with E-state index in [9.17, 15) is 22.0 Å². The fourth-order valence-electron chi connectivity index (χ4n) is 2.09. The highest BCUT2D eigenvalue weighted by Crippen LogP contribution is 2.16. The first-order valence-electron chi connectivity index (χ1n) is 6.83. The van der Waals surface area contributed by atoms with Gasteiger partial charge >= 0.3 is 6.03 Å². The van der Waals surface area contributed by atoms with Crippen LogP contribution < -0.4 is 10.6 Å². The maximum absolute atomic E-state index is 13.4. The summed E-state index contributed by atoms with van der Waals surface area (Å²) < 4.78 is 56.0. The van der Waals surface area contributed by atoms with Crippen molar-refractivity contribution in [2.45, 2.75) is 6.10 Å². The Balaban J connectivity index is 1.86. The lowest BCUT2D eigenvalue weighted by atomic mass is 10.3. The molecule has 0 aliphatic carbocycles. The molecular weight excluding hydrogens is 332 g/mol. The number of rotatable bonds is 4. The predicted octanol–water partition coefficient (Wildman–Crippen LogP) is 0.747. The summed E-state index contributed by atoms with van der Waals surface area (Å²) >= 11 is 0. The van der Waals surface area contributed by atoms with E-state index in [1.54, 1.807) is 0 Å². The summed E-state index contributed by atoms with van der Waals surface area (Å²) in [7, 11) is -3.32. The third-order valence-electron chi connectivity index (χ3n) is 3.26. The first-order valence-corrected chi connectivity index (χ1v) is 8.68. The number of carbonyl (C=O) groups is 1. The van der Waals surface area contributed by atoms with E-state index in [1.807, 2.05) is 0 Å². The summed E-state index contributed by atoms with van der Waals surface area (Å²) in [5, 5.41) is 4.61. The number of anilines is 1. The molecule has 0 bridgehead atoms. The summed E-state index contributed by atoms with van der Waals surface area (Å²) in [6, 6.07) is 2.69. The minimum absolute atomic E-state index is 0.0365. The maximum atomic E-state index is 13.4. The zero-order valence-corrected chi connectivity index (χ0v) is 13.2. The minimum atomic E-state index is -3.32. The average Bonchev–Trinajstić information content (AvgIpc) is 2.49. The number of benzene rings is 1. The van der Waals surface area contributed by atoms with Crippen LogP contribution in [0.4, 0.5) is 19.3 Å². The van der Waals surface area contributed by atoms with Gasteiger partial charge in [-0.1, -0.05) is 6.07 Å². The molecule has 1 aromatic carbocycles. The van der Waals surface area contributed by atoms with E-state index >= 15 is 0 Å². The summed E-state index contributed by atoms with van der Waals surface area (Å²) in [5.41, 5.74) is -0.287. The normalized spacial score (nSPS) is 19.3. The van der Waals surface area contributed by atoms with Crippen LogP contribution in [0, 0.1) is 11.6 Å². The van der Waals surface area contributed by atoms with Crippen LogP contribution in [-0.2, 0) is 14.8 Å². The molecule has 2 amide bonds. The Kier molecular flexibility index (Phi) is 5.50. The molecule has 23 heavy (non-hydrogen) atoms. The molecule has 10 heteroatoms. The standard InChI is InChI=1S/C13H17F2N3O4S/c1-23(20,21)18-5-6-22-9(8-18)7-16-13(19)17-11-4-2-3-10(14)12(11)15/h2-4,9H,5-8H2,1H3,(H2,16,17,19)/t9-/m0/s1. The fourth-order valence-corrected chi connectivity index (χ4v) is 2.93. The molecule has 128 valence electrons. The SMILES string of the molecule is CS(=O)(=O)N1CCO[C@@H](CNC(=O)Nc2cccc(F)c2F)C1. The number of ether oxygens (including phenoxy) is 1. The number of sulfonamides is 1. The van der Waals surface area contributed by atoms with Crippen LogP contribution in [0.1, 0.15) is 0 Å². The van der Waals surface area contributed by atoms with Crippen LogP contribution in [0.15, 0.2) is 18.2 Å². The fraction of sp³-hybridized carbons (Fsp3) is 0.462. The summed E-state index contributed by atoms with van der Waals surface area (Å²) in [6.07, 6.45) is 0.587. The largest absolute Gasteiger partial charge is 0.374 e. The van der Waals surface area contributed by atoms with Crippen LogP contribution in [0.5, 0.6) is 0 Å². The lowest BCUT2D eigenvalue weighted by molar-refractivity contribution is 0.00167. The third-order valence-corrected chi connectivity index (χ3v) is 4.53. The molecule has 1 saturated heterocycles. The van der Waals surface area contributed by atoms with E-state index in [2.05, 4.69) is 10.6 Å².